The highest BCUT2D eigenvalue weighted by molar-refractivity contribution is 5.95. The van der Waals surface area contributed by atoms with Crippen molar-refractivity contribution in [3.05, 3.63) is 75.5 Å². The third-order valence-electron chi connectivity index (χ3n) is 5.67. The molecule has 1 unspecified atom stereocenters. The van der Waals surface area contributed by atoms with E-state index < -0.39 is 12.0 Å². The van der Waals surface area contributed by atoms with Gasteiger partial charge in [0.2, 0.25) is 0 Å². The molecule has 2 aromatic carbocycles. The van der Waals surface area contributed by atoms with Crippen LogP contribution in [-0.4, -0.2) is 37.2 Å². The standard InChI is InChI=1S/C25H30N2O4/c1-7-30-24(28)22-21(14-31-19-11-10-16(3)18(5)13-19)27(6)25(29)26-23(22)20-12-15(2)8-9-17(20)4/h8-13,23H,7,14H2,1-6H3,(H,26,29). The van der Waals surface area contributed by atoms with Crippen LogP contribution in [0.25, 0.3) is 0 Å². The van der Waals surface area contributed by atoms with E-state index in [-0.39, 0.29) is 19.2 Å². The number of hydrogen-bond acceptors (Lipinski definition) is 4. The Morgan fingerprint density at radius 1 is 1.03 bits per heavy atom. The molecule has 0 spiro atoms. The van der Waals surface area contributed by atoms with E-state index in [1.54, 1.807) is 14.0 Å². The number of carbonyl (C=O) groups excluding carboxylic acids is 2. The molecule has 2 amide bonds. The highest BCUT2D eigenvalue weighted by Gasteiger charge is 2.37. The number of amides is 2. The lowest BCUT2D eigenvalue weighted by atomic mass is 9.90. The number of likely N-dealkylation sites (N-methyl/N-ethyl adjacent to an activating group) is 1. The molecule has 1 atom stereocenters. The lowest BCUT2D eigenvalue weighted by Gasteiger charge is -2.35. The zero-order valence-corrected chi connectivity index (χ0v) is 19.0. The number of esters is 1. The van der Waals surface area contributed by atoms with Crippen molar-refractivity contribution in [1.29, 1.82) is 0 Å². The van der Waals surface area contributed by atoms with Gasteiger partial charge in [-0.3, -0.25) is 4.90 Å². The van der Waals surface area contributed by atoms with Gasteiger partial charge >= 0.3 is 12.0 Å². The molecule has 0 aliphatic carbocycles. The van der Waals surface area contributed by atoms with Crippen LogP contribution in [0.5, 0.6) is 5.75 Å². The first-order valence-electron chi connectivity index (χ1n) is 10.4. The molecule has 2 aromatic rings. The van der Waals surface area contributed by atoms with Crippen LogP contribution in [0.3, 0.4) is 0 Å². The summed E-state index contributed by atoms with van der Waals surface area (Å²) in [4.78, 5) is 27.3. The fourth-order valence-corrected chi connectivity index (χ4v) is 3.64. The van der Waals surface area contributed by atoms with Crippen LogP contribution in [-0.2, 0) is 9.53 Å². The lowest BCUT2D eigenvalue weighted by molar-refractivity contribution is -0.139. The lowest BCUT2D eigenvalue weighted by Crippen LogP contribution is -2.48. The minimum absolute atomic E-state index is 0.0714. The van der Waals surface area contributed by atoms with Gasteiger partial charge in [0.25, 0.3) is 0 Å². The van der Waals surface area contributed by atoms with E-state index in [4.69, 9.17) is 9.47 Å². The third-order valence-corrected chi connectivity index (χ3v) is 5.67. The molecule has 1 aliphatic heterocycles. The normalized spacial score (nSPS) is 16.3. The summed E-state index contributed by atoms with van der Waals surface area (Å²) in [6.07, 6.45) is 0. The smallest absolute Gasteiger partial charge is 0.338 e. The van der Waals surface area contributed by atoms with Crippen LogP contribution in [0.4, 0.5) is 4.79 Å². The summed E-state index contributed by atoms with van der Waals surface area (Å²) in [6, 6.07) is 10.9. The molecule has 31 heavy (non-hydrogen) atoms. The van der Waals surface area contributed by atoms with Gasteiger partial charge in [0.15, 0.2) is 0 Å². The van der Waals surface area contributed by atoms with E-state index in [9.17, 15) is 9.59 Å². The van der Waals surface area contributed by atoms with Crippen LogP contribution >= 0.6 is 0 Å². The molecule has 1 heterocycles. The fourth-order valence-electron chi connectivity index (χ4n) is 3.64. The minimum atomic E-state index is -0.610. The monoisotopic (exact) mass is 422 g/mol. The van der Waals surface area contributed by atoms with E-state index in [1.165, 1.54) is 10.5 Å². The molecular weight excluding hydrogens is 392 g/mol. The second-order valence-corrected chi connectivity index (χ2v) is 7.92. The van der Waals surface area contributed by atoms with Gasteiger partial charge in [0.1, 0.15) is 12.4 Å². The molecule has 3 rings (SSSR count). The van der Waals surface area contributed by atoms with Crippen LogP contribution in [0.2, 0.25) is 0 Å². The number of hydrogen-bond donors (Lipinski definition) is 1. The van der Waals surface area contributed by atoms with Crippen LogP contribution in [0.1, 0.15) is 40.8 Å². The molecule has 0 saturated carbocycles. The van der Waals surface area contributed by atoms with Gasteiger partial charge in [-0.1, -0.05) is 29.8 Å². The second-order valence-electron chi connectivity index (χ2n) is 7.92. The van der Waals surface area contributed by atoms with Crippen molar-refractivity contribution in [3.63, 3.8) is 0 Å². The average Bonchev–Trinajstić information content (AvgIpc) is 2.73. The van der Waals surface area contributed by atoms with Crippen molar-refractivity contribution in [2.45, 2.75) is 40.7 Å². The van der Waals surface area contributed by atoms with Crippen molar-refractivity contribution in [2.75, 3.05) is 20.3 Å². The molecule has 1 N–H and O–H groups in total. The van der Waals surface area contributed by atoms with Gasteiger partial charge in [-0.2, -0.15) is 0 Å². The Labute approximate surface area is 183 Å². The van der Waals surface area contributed by atoms with Gasteiger partial charge in [-0.05, 0) is 69.0 Å². The summed E-state index contributed by atoms with van der Waals surface area (Å²) in [6.45, 7) is 10.1. The summed E-state index contributed by atoms with van der Waals surface area (Å²) >= 11 is 0. The van der Waals surface area contributed by atoms with Gasteiger partial charge in [-0.25, -0.2) is 9.59 Å². The molecule has 6 nitrogen and oxygen atoms in total. The number of urea groups is 1. The maximum absolute atomic E-state index is 13.0. The van der Waals surface area contributed by atoms with Crippen LogP contribution < -0.4 is 10.1 Å². The second kappa shape index (κ2) is 9.25. The summed E-state index contributed by atoms with van der Waals surface area (Å²) < 4.78 is 11.4. The predicted molar refractivity (Wildman–Crippen MR) is 120 cm³/mol. The molecule has 1 aliphatic rings. The first-order chi connectivity index (χ1) is 14.7. The summed E-state index contributed by atoms with van der Waals surface area (Å²) in [5.74, 6) is 0.223. The molecule has 0 fully saturated rings. The highest BCUT2D eigenvalue weighted by Crippen LogP contribution is 2.33. The zero-order valence-electron chi connectivity index (χ0n) is 19.0. The number of nitrogens with one attached hydrogen (secondary N) is 1. The third kappa shape index (κ3) is 4.74. The van der Waals surface area contributed by atoms with Crippen molar-refractivity contribution in [1.82, 2.24) is 10.2 Å². The van der Waals surface area contributed by atoms with Gasteiger partial charge in [-0.15, -0.1) is 0 Å². The molecule has 0 bridgehead atoms. The Hall–Kier alpha value is -3.28. The topological polar surface area (TPSA) is 67.9 Å². The Bertz CT molecular complexity index is 1040. The van der Waals surface area contributed by atoms with Crippen molar-refractivity contribution in [2.24, 2.45) is 0 Å². The number of carbonyl (C=O) groups is 2. The molecule has 6 heteroatoms. The molecule has 0 saturated heterocycles. The van der Waals surface area contributed by atoms with Crippen LogP contribution in [0, 0.1) is 27.7 Å². The molecular formula is C25H30N2O4. The van der Waals surface area contributed by atoms with Crippen molar-refractivity contribution < 1.29 is 19.1 Å². The minimum Gasteiger partial charge on any atom is -0.487 e. The first kappa shape index (κ1) is 22.4. The number of nitrogens with zero attached hydrogens (tertiary/aromatic N) is 1. The van der Waals surface area contributed by atoms with Gasteiger partial charge < -0.3 is 14.8 Å². The molecule has 164 valence electrons. The quantitative estimate of drug-likeness (QED) is 0.696. The van der Waals surface area contributed by atoms with E-state index in [1.807, 2.05) is 64.1 Å². The van der Waals surface area contributed by atoms with Crippen molar-refractivity contribution in [3.8, 4) is 5.75 Å². The first-order valence-corrected chi connectivity index (χ1v) is 10.4. The number of ether oxygens (including phenoxy) is 2. The van der Waals surface area contributed by atoms with E-state index in [2.05, 4.69) is 5.32 Å². The summed E-state index contributed by atoms with van der Waals surface area (Å²) in [5.41, 5.74) is 6.06. The number of benzene rings is 2. The Balaban J connectivity index is 2.07. The predicted octanol–water partition coefficient (Wildman–Crippen LogP) is 4.51. The Morgan fingerprint density at radius 2 is 1.74 bits per heavy atom. The fraction of sp³-hybridized carbons (Fsp3) is 0.360. The SMILES string of the molecule is CCOC(=O)C1=C(COc2ccc(C)c(C)c2)N(C)C(=O)NC1c1cc(C)ccc1C. The summed E-state index contributed by atoms with van der Waals surface area (Å²) in [5, 5.41) is 2.96. The van der Waals surface area contributed by atoms with E-state index >= 15 is 0 Å². The van der Waals surface area contributed by atoms with Gasteiger partial charge in [0.05, 0.1) is 23.9 Å². The van der Waals surface area contributed by atoms with E-state index in [0.29, 0.717) is 17.0 Å². The zero-order chi connectivity index (χ0) is 22.7. The summed E-state index contributed by atoms with van der Waals surface area (Å²) in [7, 11) is 1.63. The van der Waals surface area contributed by atoms with Gasteiger partial charge in [0, 0.05) is 7.05 Å². The number of rotatable bonds is 6. The van der Waals surface area contributed by atoms with E-state index in [0.717, 1.165) is 22.3 Å². The molecule has 0 radical (unpaired) electrons. The maximum atomic E-state index is 13.0. The Kier molecular flexibility index (Phi) is 6.68. The highest BCUT2D eigenvalue weighted by atomic mass is 16.5. The maximum Gasteiger partial charge on any atom is 0.338 e. The Morgan fingerprint density at radius 3 is 2.42 bits per heavy atom. The van der Waals surface area contributed by atoms with Crippen molar-refractivity contribution >= 4 is 12.0 Å². The van der Waals surface area contributed by atoms with Crippen LogP contribution in [0.15, 0.2) is 47.7 Å². The average molecular weight is 423 g/mol. The largest absolute Gasteiger partial charge is 0.487 e. The molecule has 0 aromatic heterocycles. The number of aryl methyl sites for hydroxylation is 4.